The van der Waals surface area contributed by atoms with Gasteiger partial charge in [-0.15, -0.1) is 11.3 Å². The molecule has 0 aliphatic heterocycles. The molecule has 78 valence electrons. The van der Waals surface area contributed by atoms with E-state index >= 15 is 0 Å². The minimum atomic E-state index is 0.625. The number of halogens is 1. The second kappa shape index (κ2) is 4.59. The summed E-state index contributed by atoms with van der Waals surface area (Å²) in [6, 6.07) is 1.82. The van der Waals surface area contributed by atoms with Crippen LogP contribution in [0.3, 0.4) is 0 Å². The summed E-state index contributed by atoms with van der Waals surface area (Å²) in [6.07, 6.45) is 1.71. The maximum Gasteiger partial charge on any atom is 0.149 e. The van der Waals surface area contributed by atoms with E-state index in [4.69, 9.17) is 5.73 Å². The first-order chi connectivity index (χ1) is 7.25. The van der Waals surface area contributed by atoms with Crippen LogP contribution in [-0.2, 0) is 6.54 Å². The number of pyridine rings is 1. The van der Waals surface area contributed by atoms with Gasteiger partial charge < -0.3 is 11.1 Å². The van der Waals surface area contributed by atoms with Crippen LogP contribution in [0.5, 0.6) is 0 Å². The monoisotopic (exact) mass is 284 g/mol. The molecule has 2 rings (SSSR count). The zero-order valence-corrected chi connectivity index (χ0v) is 10.2. The highest BCUT2D eigenvalue weighted by molar-refractivity contribution is 9.10. The maximum absolute atomic E-state index is 5.79. The second-order valence-corrected chi connectivity index (χ2v) is 4.56. The van der Waals surface area contributed by atoms with E-state index in [-0.39, 0.29) is 0 Å². The van der Waals surface area contributed by atoms with Gasteiger partial charge in [-0.1, -0.05) is 0 Å². The lowest BCUT2D eigenvalue weighted by Crippen LogP contribution is -2.04. The van der Waals surface area contributed by atoms with Crippen molar-refractivity contribution in [1.29, 1.82) is 0 Å². The smallest absolute Gasteiger partial charge is 0.149 e. The lowest BCUT2D eigenvalue weighted by Gasteiger charge is -2.06. The van der Waals surface area contributed by atoms with Crippen LogP contribution in [0.4, 0.5) is 11.5 Å². The van der Waals surface area contributed by atoms with Gasteiger partial charge in [-0.05, 0) is 22.0 Å². The van der Waals surface area contributed by atoms with Crippen LogP contribution in [0.1, 0.15) is 5.69 Å². The Morgan fingerprint density at radius 2 is 2.33 bits per heavy atom. The van der Waals surface area contributed by atoms with Crippen molar-refractivity contribution in [2.75, 3.05) is 11.1 Å². The van der Waals surface area contributed by atoms with Crippen molar-refractivity contribution < 1.29 is 0 Å². The van der Waals surface area contributed by atoms with Crippen molar-refractivity contribution in [1.82, 2.24) is 9.97 Å². The zero-order valence-electron chi connectivity index (χ0n) is 7.77. The number of thiazole rings is 1. The molecule has 0 amide bonds. The molecule has 2 aromatic rings. The normalized spacial score (nSPS) is 10.2. The summed E-state index contributed by atoms with van der Waals surface area (Å²) in [5, 5.41) is 5.12. The van der Waals surface area contributed by atoms with E-state index in [1.807, 2.05) is 11.4 Å². The Hall–Kier alpha value is -1.14. The number of hydrogen-bond donors (Lipinski definition) is 2. The lowest BCUT2D eigenvalue weighted by molar-refractivity contribution is 1.05. The molecule has 4 nitrogen and oxygen atoms in total. The molecule has 0 bridgehead atoms. The summed E-state index contributed by atoms with van der Waals surface area (Å²) >= 11 is 4.88. The molecule has 0 saturated carbocycles. The summed E-state index contributed by atoms with van der Waals surface area (Å²) in [6.45, 7) is 0.641. The van der Waals surface area contributed by atoms with Crippen LogP contribution in [-0.4, -0.2) is 9.97 Å². The third-order valence-corrected chi connectivity index (χ3v) is 2.87. The Labute approximate surface area is 99.7 Å². The van der Waals surface area contributed by atoms with E-state index in [1.54, 1.807) is 23.0 Å². The van der Waals surface area contributed by atoms with Gasteiger partial charge in [-0.3, -0.25) is 0 Å². The van der Waals surface area contributed by atoms with Gasteiger partial charge in [0.2, 0.25) is 0 Å². The second-order valence-electron chi connectivity index (χ2n) is 2.92. The first kappa shape index (κ1) is 10.4. The highest BCUT2D eigenvalue weighted by atomic mass is 79.9. The molecule has 0 spiro atoms. The largest absolute Gasteiger partial charge is 0.396 e. The SMILES string of the molecule is Nc1cc(Br)cnc1NCc1cscn1. The minimum absolute atomic E-state index is 0.625. The molecule has 0 atom stereocenters. The third-order valence-electron chi connectivity index (χ3n) is 1.80. The quantitative estimate of drug-likeness (QED) is 0.909. The lowest BCUT2D eigenvalue weighted by atomic mass is 10.4. The predicted octanol–water partition coefficient (Wildman–Crippen LogP) is 2.49. The molecule has 2 heterocycles. The third kappa shape index (κ3) is 2.66. The molecular formula is C9H9BrN4S. The van der Waals surface area contributed by atoms with E-state index in [9.17, 15) is 0 Å². The Bertz CT molecular complexity index is 443. The number of nitrogen functional groups attached to an aromatic ring is 1. The van der Waals surface area contributed by atoms with Crippen LogP contribution in [0.25, 0.3) is 0 Å². The predicted molar refractivity (Wildman–Crippen MR) is 65.8 cm³/mol. The molecule has 0 aliphatic carbocycles. The number of nitrogens with two attached hydrogens (primary N) is 1. The average Bonchev–Trinajstić information content (AvgIpc) is 2.69. The van der Waals surface area contributed by atoms with Gasteiger partial charge in [0.25, 0.3) is 0 Å². The standard InChI is InChI=1S/C9H9BrN4S/c10-6-1-8(11)9(12-2-6)13-3-7-4-15-5-14-7/h1-2,4-5H,3,11H2,(H,12,13). The van der Waals surface area contributed by atoms with E-state index in [2.05, 4.69) is 31.2 Å². The Balaban J connectivity index is 2.05. The van der Waals surface area contributed by atoms with Crippen molar-refractivity contribution in [3.8, 4) is 0 Å². The fourth-order valence-corrected chi connectivity index (χ4v) is 2.01. The number of rotatable bonds is 3. The molecule has 3 N–H and O–H groups in total. The molecule has 0 aliphatic rings. The van der Waals surface area contributed by atoms with Gasteiger partial charge >= 0.3 is 0 Å². The van der Waals surface area contributed by atoms with Crippen molar-refractivity contribution in [2.45, 2.75) is 6.54 Å². The van der Waals surface area contributed by atoms with Gasteiger partial charge in [0.05, 0.1) is 23.4 Å². The molecule has 0 saturated heterocycles. The van der Waals surface area contributed by atoms with E-state index in [0.717, 1.165) is 10.2 Å². The number of nitrogens with zero attached hydrogens (tertiary/aromatic N) is 2. The molecule has 6 heteroatoms. The van der Waals surface area contributed by atoms with Gasteiger partial charge in [0, 0.05) is 16.0 Å². The van der Waals surface area contributed by atoms with E-state index in [0.29, 0.717) is 18.1 Å². The fourth-order valence-electron chi connectivity index (χ4n) is 1.10. The molecule has 15 heavy (non-hydrogen) atoms. The van der Waals surface area contributed by atoms with Crippen LogP contribution in [0.2, 0.25) is 0 Å². The zero-order chi connectivity index (χ0) is 10.7. The number of aromatic nitrogens is 2. The first-order valence-electron chi connectivity index (χ1n) is 4.27. The molecule has 2 aromatic heterocycles. The number of anilines is 2. The van der Waals surface area contributed by atoms with Gasteiger partial charge in [0.15, 0.2) is 0 Å². The van der Waals surface area contributed by atoms with Crippen molar-refractivity contribution in [3.63, 3.8) is 0 Å². The van der Waals surface area contributed by atoms with Crippen LogP contribution in [0.15, 0.2) is 27.6 Å². The summed E-state index contributed by atoms with van der Waals surface area (Å²) in [7, 11) is 0. The van der Waals surface area contributed by atoms with Crippen LogP contribution in [0, 0.1) is 0 Å². The van der Waals surface area contributed by atoms with Gasteiger partial charge in [0.1, 0.15) is 5.82 Å². The van der Waals surface area contributed by atoms with Gasteiger partial charge in [-0.2, -0.15) is 0 Å². The number of nitrogens with one attached hydrogen (secondary N) is 1. The summed E-state index contributed by atoms with van der Waals surface area (Å²) in [5.41, 5.74) is 9.20. The fraction of sp³-hybridized carbons (Fsp3) is 0.111. The van der Waals surface area contributed by atoms with Crippen LogP contribution >= 0.6 is 27.3 Å². The van der Waals surface area contributed by atoms with E-state index in [1.165, 1.54) is 0 Å². The molecule has 0 fully saturated rings. The van der Waals surface area contributed by atoms with Crippen LogP contribution < -0.4 is 11.1 Å². The Morgan fingerprint density at radius 3 is 3.00 bits per heavy atom. The summed E-state index contributed by atoms with van der Waals surface area (Å²) < 4.78 is 0.874. The molecule has 0 radical (unpaired) electrons. The highest BCUT2D eigenvalue weighted by Crippen LogP contribution is 2.20. The molecule has 0 aromatic carbocycles. The minimum Gasteiger partial charge on any atom is -0.396 e. The Morgan fingerprint density at radius 1 is 1.47 bits per heavy atom. The van der Waals surface area contributed by atoms with E-state index < -0.39 is 0 Å². The highest BCUT2D eigenvalue weighted by Gasteiger charge is 2.01. The van der Waals surface area contributed by atoms with Crippen molar-refractivity contribution in [3.05, 3.63) is 33.3 Å². The summed E-state index contributed by atoms with van der Waals surface area (Å²) in [5.74, 6) is 0.686. The molecule has 0 unspecified atom stereocenters. The summed E-state index contributed by atoms with van der Waals surface area (Å²) in [4.78, 5) is 8.33. The topological polar surface area (TPSA) is 63.8 Å². The molecular weight excluding hydrogens is 276 g/mol. The van der Waals surface area contributed by atoms with Gasteiger partial charge in [-0.25, -0.2) is 9.97 Å². The average molecular weight is 285 g/mol. The number of hydrogen-bond acceptors (Lipinski definition) is 5. The van der Waals surface area contributed by atoms with Crippen molar-refractivity contribution >= 4 is 38.8 Å². The van der Waals surface area contributed by atoms with Crippen molar-refractivity contribution in [2.24, 2.45) is 0 Å². The maximum atomic E-state index is 5.79. The first-order valence-corrected chi connectivity index (χ1v) is 6.01. The Kier molecular flexibility index (Phi) is 3.17.